The largest absolute Gasteiger partial charge is 0.497 e. The highest BCUT2D eigenvalue weighted by Gasteiger charge is 2.29. The molecule has 1 aromatic carbocycles. The van der Waals surface area contributed by atoms with E-state index in [2.05, 4.69) is 10.0 Å². The van der Waals surface area contributed by atoms with Gasteiger partial charge in [0.1, 0.15) is 16.0 Å². The number of likely N-dealkylation sites (tertiary alicyclic amines) is 1. The molecule has 1 aromatic heterocycles. The Labute approximate surface area is 192 Å². The minimum Gasteiger partial charge on any atom is -0.497 e. The molecule has 1 saturated heterocycles. The number of hydrogen-bond donors (Lipinski definition) is 2. The Morgan fingerprint density at radius 2 is 1.88 bits per heavy atom. The van der Waals surface area contributed by atoms with E-state index in [1.807, 2.05) is 12.1 Å². The summed E-state index contributed by atoms with van der Waals surface area (Å²) in [5.41, 5.74) is 0.840. The SMILES string of the molecule is COc1ccc(C=CC(=O)NC(C)C(=O)N2CCC(NS(=O)(=O)c3cccs3)CC2)cc1. The number of piperidine rings is 1. The lowest BCUT2D eigenvalue weighted by Gasteiger charge is -2.33. The number of amides is 2. The number of thiophene rings is 1. The van der Waals surface area contributed by atoms with Gasteiger partial charge in [-0.05, 0) is 55.0 Å². The Kier molecular flexibility index (Phi) is 8.05. The zero-order chi connectivity index (χ0) is 23.1. The van der Waals surface area contributed by atoms with Crippen molar-refractivity contribution in [1.29, 1.82) is 0 Å². The van der Waals surface area contributed by atoms with Crippen LogP contribution in [-0.2, 0) is 19.6 Å². The average Bonchev–Trinajstić information content (AvgIpc) is 3.34. The summed E-state index contributed by atoms with van der Waals surface area (Å²) in [7, 11) is -1.94. The second-order valence-corrected chi connectivity index (χ2v) is 10.4. The van der Waals surface area contributed by atoms with E-state index in [1.54, 1.807) is 54.7 Å². The molecule has 2 N–H and O–H groups in total. The van der Waals surface area contributed by atoms with Gasteiger partial charge >= 0.3 is 0 Å². The number of nitrogens with zero attached hydrogens (tertiary/aromatic N) is 1. The molecule has 32 heavy (non-hydrogen) atoms. The van der Waals surface area contributed by atoms with E-state index in [-0.39, 0.29) is 22.1 Å². The van der Waals surface area contributed by atoms with Crippen LogP contribution in [0.25, 0.3) is 6.08 Å². The van der Waals surface area contributed by atoms with Crippen molar-refractivity contribution in [3.05, 3.63) is 53.4 Å². The normalized spacial score (nSPS) is 16.1. The number of benzene rings is 1. The first-order chi connectivity index (χ1) is 15.3. The summed E-state index contributed by atoms with van der Waals surface area (Å²) in [5, 5.41) is 4.41. The first kappa shape index (κ1) is 24.0. The lowest BCUT2D eigenvalue weighted by molar-refractivity contribution is -0.136. The van der Waals surface area contributed by atoms with Crippen LogP contribution in [0.5, 0.6) is 5.75 Å². The number of sulfonamides is 1. The number of nitrogens with one attached hydrogen (secondary N) is 2. The highest BCUT2D eigenvalue weighted by atomic mass is 32.2. The van der Waals surface area contributed by atoms with Gasteiger partial charge in [0.15, 0.2) is 0 Å². The molecule has 3 rings (SSSR count). The Balaban J connectivity index is 1.45. The minimum absolute atomic E-state index is 0.184. The molecule has 2 heterocycles. The standard InChI is InChI=1S/C22H27N3O5S2/c1-16(23-20(26)10-7-17-5-8-19(30-2)9-6-17)22(27)25-13-11-18(12-14-25)24-32(28,29)21-4-3-15-31-21/h3-10,15-16,18,24H,11-14H2,1-2H3,(H,23,26). The zero-order valence-corrected chi connectivity index (χ0v) is 19.6. The van der Waals surface area contributed by atoms with Crippen LogP contribution in [0.1, 0.15) is 25.3 Å². The Hall–Kier alpha value is -2.69. The Morgan fingerprint density at radius 1 is 1.19 bits per heavy atom. The molecule has 0 saturated carbocycles. The van der Waals surface area contributed by atoms with Gasteiger partial charge in [-0.3, -0.25) is 9.59 Å². The maximum atomic E-state index is 12.7. The van der Waals surface area contributed by atoms with Gasteiger partial charge < -0.3 is 15.0 Å². The van der Waals surface area contributed by atoms with Crippen molar-refractivity contribution < 1.29 is 22.7 Å². The van der Waals surface area contributed by atoms with Crippen molar-refractivity contribution in [2.45, 2.75) is 36.1 Å². The number of carbonyl (C=O) groups is 2. The second kappa shape index (κ2) is 10.8. The summed E-state index contributed by atoms with van der Waals surface area (Å²) in [4.78, 5) is 26.5. The fourth-order valence-electron chi connectivity index (χ4n) is 3.40. The van der Waals surface area contributed by atoms with Gasteiger partial charge in [-0.15, -0.1) is 11.3 Å². The molecule has 2 aromatic rings. The number of methoxy groups -OCH3 is 1. The molecule has 1 atom stereocenters. The molecule has 8 nitrogen and oxygen atoms in total. The van der Waals surface area contributed by atoms with E-state index in [9.17, 15) is 18.0 Å². The lowest BCUT2D eigenvalue weighted by Crippen LogP contribution is -2.51. The molecule has 172 valence electrons. The summed E-state index contributed by atoms with van der Waals surface area (Å²) in [6, 6.07) is 9.62. The first-order valence-corrected chi connectivity index (χ1v) is 12.6. The summed E-state index contributed by atoms with van der Waals surface area (Å²) in [6.07, 6.45) is 4.09. The van der Waals surface area contributed by atoms with Crippen LogP contribution in [-0.4, -0.2) is 57.4 Å². The molecule has 1 aliphatic rings. The summed E-state index contributed by atoms with van der Waals surface area (Å²) >= 11 is 1.17. The zero-order valence-electron chi connectivity index (χ0n) is 18.0. The molecular weight excluding hydrogens is 450 g/mol. The van der Waals surface area contributed by atoms with Gasteiger partial charge in [0, 0.05) is 25.2 Å². The molecule has 10 heteroatoms. The van der Waals surface area contributed by atoms with Gasteiger partial charge in [0.25, 0.3) is 0 Å². The predicted octanol–water partition coefficient (Wildman–Crippen LogP) is 2.24. The predicted molar refractivity (Wildman–Crippen MR) is 124 cm³/mol. The van der Waals surface area contributed by atoms with E-state index >= 15 is 0 Å². The molecule has 0 aliphatic carbocycles. The smallest absolute Gasteiger partial charge is 0.250 e. The highest BCUT2D eigenvalue weighted by Crippen LogP contribution is 2.19. The monoisotopic (exact) mass is 477 g/mol. The van der Waals surface area contributed by atoms with Crippen molar-refractivity contribution in [2.75, 3.05) is 20.2 Å². The van der Waals surface area contributed by atoms with Crippen molar-refractivity contribution in [2.24, 2.45) is 0 Å². The number of rotatable bonds is 8. The highest BCUT2D eigenvalue weighted by molar-refractivity contribution is 7.91. The fourth-order valence-corrected chi connectivity index (χ4v) is 5.71. The third kappa shape index (κ3) is 6.41. The Bertz CT molecular complexity index is 1040. The van der Waals surface area contributed by atoms with Gasteiger partial charge in [-0.1, -0.05) is 18.2 Å². The van der Waals surface area contributed by atoms with E-state index in [0.717, 1.165) is 11.3 Å². The van der Waals surface area contributed by atoms with Gasteiger partial charge in [0.2, 0.25) is 21.8 Å². The Morgan fingerprint density at radius 3 is 2.47 bits per heavy atom. The van der Waals surface area contributed by atoms with Crippen molar-refractivity contribution in [3.63, 3.8) is 0 Å². The third-order valence-corrected chi connectivity index (χ3v) is 8.08. The number of hydrogen-bond acceptors (Lipinski definition) is 6. The summed E-state index contributed by atoms with van der Waals surface area (Å²) in [5.74, 6) is 0.185. The number of carbonyl (C=O) groups excluding carboxylic acids is 2. The van der Waals surface area contributed by atoms with Crippen LogP contribution < -0.4 is 14.8 Å². The molecule has 1 fully saturated rings. The number of ether oxygens (including phenoxy) is 1. The molecule has 1 aliphatic heterocycles. The summed E-state index contributed by atoms with van der Waals surface area (Å²) in [6.45, 7) is 2.50. The van der Waals surface area contributed by atoms with E-state index in [1.165, 1.54) is 17.4 Å². The van der Waals surface area contributed by atoms with Crippen LogP contribution in [0, 0.1) is 0 Å². The quantitative estimate of drug-likeness (QED) is 0.568. The van der Waals surface area contributed by atoms with Crippen LogP contribution in [0.2, 0.25) is 0 Å². The van der Waals surface area contributed by atoms with E-state index < -0.39 is 16.1 Å². The molecule has 0 bridgehead atoms. The van der Waals surface area contributed by atoms with E-state index in [0.29, 0.717) is 25.9 Å². The van der Waals surface area contributed by atoms with Crippen LogP contribution in [0.3, 0.4) is 0 Å². The van der Waals surface area contributed by atoms with Gasteiger partial charge in [-0.2, -0.15) is 0 Å². The third-order valence-electron chi connectivity index (χ3n) is 5.16. The lowest BCUT2D eigenvalue weighted by atomic mass is 10.1. The molecular formula is C22H27N3O5S2. The van der Waals surface area contributed by atoms with E-state index in [4.69, 9.17) is 4.74 Å². The maximum Gasteiger partial charge on any atom is 0.250 e. The van der Waals surface area contributed by atoms with Crippen molar-refractivity contribution >= 4 is 39.3 Å². The molecule has 2 amide bonds. The topological polar surface area (TPSA) is 105 Å². The first-order valence-electron chi connectivity index (χ1n) is 10.3. The van der Waals surface area contributed by atoms with Crippen LogP contribution in [0.4, 0.5) is 0 Å². The van der Waals surface area contributed by atoms with Gasteiger partial charge in [-0.25, -0.2) is 13.1 Å². The summed E-state index contributed by atoms with van der Waals surface area (Å²) < 4.78 is 32.8. The second-order valence-electron chi connectivity index (χ2n) is 7.49. The maximum absolute atomic E-state index is 12.7. The van der Waals surface area contributed by atoms with Gasteiger partial charge in [0.05, 0.1) is 7.11 Å². The average molecular weight is 478 g/mol. The molecule has 1 unspecified atom stereocenters. The molecule has 0 spiro atoms. The van der Waals surface area contributed by atoms with Crippen molar-refractivity contribution in [3.8, 4) is 5.75 Å². The van der Waals surface area contributed by atoms with Crippen LogP contribution in [0.15, 0.2) is 52.1 Å². The van der Waals surface area contributed by atoms with Crippen molar-refractivity contribution in [1.82, 2.24) is 14.9 Å². The van der Waals surface area contributed by atoms with Crippen LogP contribution >= 0.6 is 11.3 Å². The minimum atomic E-state index is -3.53. The fraction of sp³-hybridized carbons (Fsp3) is 0.364. The molecule has 0 radical (unpaired) electrons.